The van der Waals surface area contributed by atoms with Crippen LogP contribution < -0.4 is 4.74 Å². The van der Waals surface area contributed by atoms with Gasteiger partial charge < -0.3 is 14.9 Å². The second kappa shape index (κ2) is 9.15. The Morgan fingerprint density at radius 1 is 1.00 bits per heavy atom. The lowest BCUT2D eigenvalue weighted by atomic mass is 9.83. The number of carboxylic acid groups (broad SMARTS) is 2. The van der Waals surface area contributed by atoms with Gasteiger partial charge in [0.15, 0.2) is 0 Å². The highest BCUT2D eigenvalue weighted by atomic mass is 32.2. The molecule has 150 valence electrons. The molecule has 0 fully saturated rings. The van der Waals surface area contributed by atoms with Crippen molar-refractivity contribution < 1.29 is 24.5 Å². The van der Waals surface area contributed by atoms with Crippen LogP contribution in [0.25, 0.3) is 0 Å². The van der Waals surface area contributed by atoms with Crippen molar-refractivity contribution in [2.45, 2.75) is 50.2 Å². The minimum absolute atomic E-state index is 0.0981. The summed E-state index contributed by atoms with van der Waals surface area (Å²) in [7, 11) is 1.59. The van der Waals surface area contributed by atoms with Crippen LogP contribution in [0, 0.1) is 0 Å². The van der Waals surface area contributed by atoms with Gasteiger partial charge in [-0.3, -0.25) is 0 Å². The van der Waals surface area contributed by atoms with E-state index in [2.05, 4.69) is 0 Å². The fourth-order valence-corrected chi connectivity index (χ4v) is 4.39. The molecule has 0 saturated heterocycles. The van der Waals surface area contributed by atoms with Gasteiger partial charge in [-0.2, -0.15) is 0 Å². The normalized spacial score (nSPS) is 11.1. The molecule has 0 aromatic heterocycles. The third-order valence-corrected chi connectivity index (χ3v) is 5.61. The van der Waals surface area contributed by atoms with E-state index in [9.17, 15) is 19.8 Å². The molecule has 0 aliphatic heterocycles. The number of benzene rings is 2. The van der Waals surface area contributed by atoms with E-state index in [1.54, 1.807) is 7.11 Å². The van der Waals surface area contributed by atoms with Crippen LogP contribution in [0.5, 0.6) is 5.75 Å². The van der Waals surface area contributed by atoms with E-state index in [0.29, 0.717) is 21.8 Å². The van der Waals surface area contributed by atoms with Crippen molar-refractivity contribution in [3.05, 3.63) is 58.1 Å². The van der Waals surface area contributed by atoms with Crippen LogP contribution in [0.1, 0.15) is 76.9 Å². The lowest BCUT2D eigenvalue weighted by Gasteiger charge is -2.23. The maximum absolute atomic E-state index is 12.1. The first-order valence-electron chi connectivity index (χ1n) is 9.10. The lowest BCUT2D eigenvalue weighted by Crippen LogP contribution is -2.16. The molecule has 0 bridgehead atoms. The summed E-state index contributed by atoms with van der Waals surface area (Å²) in [4.78, 5) is 24.5. The van der Waals surface area contributed by atoms with Gasteiger partial charge in [0.25, 0.3) is 0 Å². The zero-order chi connectivity index (χ0) is 21.0. The first kappa shape index (κ1) is 21.8. The van der Waals surface area contributed by atoms with Crippen molar-refractivity contribution in [2.75, 3.05) is 7.11 Å². The zero-order valence-electron chi connectivity index (χ0n) is 16.8. The van der Waals surface area contributed by atoms with E-state index in [1.807, 2.05) is 52.0 Å². The van der Waals surface area contributed by atoms with Crippen LogP contribution in [0.2, 0.25) is 0 Å². The number of carboxylic acids is 2. The monoisotopic (exact) mass is 402 g/mol. The van der Waals surface area contributed by atoms with E-state index in [1.165, 1.54) is 17.8 Å². The molecule has 0 aliphatic rings. The van der Waals surface area contributed by atoms with Crippen LogP contribution in [0.3, 0.4) is 0 Å². The Labute approximate surface area is 169 Å². The van der Waals surface area contributed by atoms with Crippen LogP contribution in [0.15, 0.2) is 35.2 Å². The number of hydrogen-bond donors (Lipinski definition) is 2. The standard InChI is InChI=1S/C22H26O5S/c1-12(2)18-16(21(23)24)10-17(20(22(25)26)19(18)13(3)4)28-11-14-7-6-8-15(9-14)27-5/h6-10,12-13H,11H2,1-5H3,(H,23,24)(H,25,26). The van der Waals surface area contributed by atoms with Gasteiger partial charge in [0.05, 0.1) is 18.2 Å². The van der Waals surface area contributed by atoms with Crippen molar-refractivity contribution in [3.8, 4) is 5.75 Å². The Morgan fingerprint density at radius 3 is 2.14 bits per heavy atom. The first-order valence-corrected chi connectivity index (χ1v) is 10.1. The molecule has 28 heavy (non-hydrogen) atoms. The average molecular weight is 403 g/mol. The van der Waals surface area contributed by atoms with E-state index in [4.69, 9.17) is 4.74 Å². The number of methoxy groups -OCH3 is 1. The fraction of sp³-hybridized carbons (Fsp3) is 0.364. The maximum Gasteiger partial charge on any atom is 0.337 e. The molecule has 2 aromatic rings. The summed E-state index contributed by atoms with van der Waals surface area (Å²) in [6.07, 6.45) is 0. The Morgan fingerprint density at radius 2 is 1.64 bits per heavy atom. The molecular formula is C22H26O5S. The van der Waals surface area contributed by atoms with Crippen molar-refractivity contribution in [1.82, 2.24) is 0 Å². The topological polar surface area (TPSA) is 83.8 Å². The fourth-order valence-electron chi connectivity index (χ4n) is 3.35. The third-order valence-electron chi connectivity index (χ3n) is 4.50. The highest BCUT2D eigenvalue weighted by molar-refractivity contribution is 7.98. The molecule has 0 atom stereocenters. The molecule has 0 radical (unpaired) electrons. The molecule has 0 unspecified atom stereocenters. The summed E-state index contributed by atoms with van der Waals surface area (Å²) in [6, 6.07) is 9.04. The summed E-state index contributed by atoms with van der Waals surface area (Å²) < 4.78 is 5.23. The smallest absolute Gasteiger partial charge is 0.337 e. The number of aromatic carboxylic acids is 2. The van der Waals surface area contributed by atoms with Crippen LogP contribution >= 0.6 is 11.8 Å². The molecule has 2 N–H and O–H groups in total. The van der Waals surface area contributed by atoms with Crippen LogP contribution in [-0.4, -0.2) is 29.3 Å². The Kier molecular flexibility index (Phi) is 7.13. The first-order chi connectivity index (χ1) is 13.2. The van der Waals surface area contributed by atoms with Gasteiger partial charge in [-0.25, -0.2) is 9.59 Å². The largest absolute Gasteiger partial charge is 0.497 e. The predicted molar refractivity (Wildman–Crippen MR) is 111 cm³/mol. The van der Waals surface area contributed by atoms with Crippen molar-refractivity contribution >= 4 is 23.7 Å². The molecule has 5 nitrogen and oxygen atoms in total. The van der Waals surface area contributed by atoms with Gasteiger partial charge in [0.2, 0.25) is 0 Å². The third kappa shape index (κ3) is 4.68. The van der Waals surface area contributed by atoms with Crippen molar-refractivity contribution in [2.24, 2.45) is 0 Å². The molecule has 6 heteroatoms. The molecule has 0 saturated carbocycles. The highest BCUT2D eigenvalue weighted by Gasteiger charge is 2.28. The van der Waals surface area contributed by atoms with Crippen LogP contribution in [-0.2, 0) is 5.75 Å². The summed E-state index contributed by atoms with van der Waals surface area (Å²) in [5.41, 5.74) is 2.56. The average Bonchev–Trinajstić information content (AvgIpc) is 2.64. The zero-order valence-corrected chi connectivity index (χ0v) is 17.6. The molecule has 0 heterocycles. The second-order valence-corrected chi connectivity index (χ2v) is 8.20. The number of ether oxygens (including phenoxy) is 1. The summed E-state index contributed by atoms with van der Waals surface area (Å²) >= 11 is 1.33. The summed E-state index contributed by atoms with van der Waals surface area (Å²) in [5, 5.41) is 19.7. The Bertz CT molecular complexity index is 887. The number of carbonyl (C=O) groups is 2. The van der Waals surface area contributed by atoms with Gasteiger partial charge in [0.1, 0.15) is 5.75 Å². The summed E-state index contributed by atoms with van der Waals surface area (Å²) in [6.45, 7) is 7.58. The number of rotatable bonds is 8. The lowest BCUT2D eigenvalue weighted by molar-refractivity contribution is 0.0675. The molecule has 0 amide bonds. The number of thioether (sulfide) groups is 1. The van der Waals surface area contributed by atoms with E-state index in [-0.39, 0.29) is 23.0 Å². The van der Waals surface area contributed by atoms with Crippen molar-refractivity contribution in [1.29, 1.82) is 0 Å². The maximum atomic E-state index is 12.1. The van der Waals surface area contributed by atoms with Gasteiger partial charge in [-0.15, -0.1) is 11.8 Å². The Balaban J connectivity index is 2.61. The molecule has 2 rings (SSSR count). The predicted octanol–water partition coefficient (Wildman–Crippen LogP) is 5.63. The minimum atomic E-state index is -1.04. The van der Waals surface area contributed by atoms with Crippen molar-refractivity contribution in [3.63, 3.8) is 0 Å². The van der Waals surface area contributed by atoms with Gasteiger partial charge in [0, 0.05) is 10.6 Å². The minimum Gasteiger partial charge on any atom is -0.497 e. The van der Waals surface area contributed by atoms with E-state index >= 15 is 0 Å². The second-order valence-electron chi connectivity index (χ2n) is 7.18. The Hall–Kier alpha value is -2.47. The van der Waals surface area contributed by atoms with Gasteiger partial charge in [-0.1, -0.05) is 39.8 Å². The summed E-state index contributed by atoms with van der Waals surface area (Å²) in [5.74, 6) is -1.05. The number of hydrogen-bond acceptors (Lipinski definition) is 4. The molecule has 0 aliphatic carbocycles. The quantitative estimate of drug-likeness (QED) is 0.557. The van der Waals surface area contributed by atoms with Gasteiger partial charge in [-0.05, 0) is 46.7 Å². The SMILES string of the molecule is COc1cccc(CSc2cc(C(=O)O)c(C(C)C)c(C(C)C)c2C(=O)O)c1. The highest BCUT2D eigenvalue weighted by Crippen LogP contribution is 2.39. The van der Waals surface area contributed by atoms with Crippen LogP contribution in [0.4, 0.5) is 0 Å². The molecule has 0 spiro atoms. The van der Waals surface area contributed by atoms with E-state index in [0.717, 1.165) is 11.3 Å². The van der Waals surface area contributed by atoms with Gasteiger partial charge >= 0.3 is 11.9 Å². The molecule has 2 aromatic carbocycles. The van der Waals surface area contributed by atoms with E-state index < -0.39 is 11.9 Å². The molecular weight excluding hydrogens is 376 g/mol.